The molecule has 1 atom stereocenters. The summed E-state index contributed by atoms with van der Waals surface area (Å²) in [5, 5.41) is 10.0. The van der Waals surface area contributed by atoms with Gasteiger partial charge in [-0.05, 0) is 49.9 Å². The lowest BCUT2D eigenvalue weighted by atomic mass is 10.1. The van der Waals surface area contributed by atoms with Crippen molar-refractivity contribution in [2.75, 3.05) is 6.61 Å². The van der Waals surface area contributed by atoms with Crippen molar-refractivity contribution in [2.45, 2.75) is 32.3 Å². The number of unbranched alkanes of at least 4 members (excludes halogenated alkanes) is 1. The van der Waals surface area contributed by atoms with E-state index >= 15 is 0 Å². The van der Waals surface area contributed by atoms with E-state index < -0.39 is 6.10 Å². The molecule has 0 aromatic heterocycles. The average molecular weight is 380 g/mol. The van der Waals surface area contributed by atoms with Crippen molar-refractivity contribution in [3.63, 3.8) is 0 Å². The molecule has 0 aliphatic heterocycles. The lowest BCUT2D eigenvalue weighted by molar-refractivity contribution is -0.146. The van der Waals surface area contributed by atoms with E-state index in [4.69, 9.17) is 4.74 Å². The molecule has 100 valence electrons. The van der Waals surface area contributed by atoms with Gasteiger partial charge >= 0.3 is 5.97 Å². The second-order valence-corrected chi connectivity index (χ2v) is 5.58. The Kier molecular flexibility index (Phi) is 6.89. The topological polar surface area (TPSA) is 46.5 Å². The second kappa shape index (κ2) is 7.92. The number of carbonyl (C=O) groups is 1. The smallest absolute Gasteiger partial charge is 0.308 e. The van der Waals surface area contributed by atoms with E-state index in [2.05, 4.69) is 31.9 Å². The third kappa shape index (κ3) is 4.71. The van der Waals surface area contributed by atoms with Crippen LogP contribution in [-0.4, -0.2) is 17.7 Å². The molecule has 1 N–H and O–H groups in total. The normalized spacial score (nSPS) is 12.2. The van der Waals surface area contributed by atoms with Gasteiger partial charge in [0.15, 0.2) is 0 Å². The van der Waals surface area contributed by atoms with Gasteiger partial charge in [-0.2, -0.15) is 0 Å². The van der Waals surface area contributed by atoms with E-state index in [1.165, 1.54) is 0 Å². The number of aliphatic hydroxyl groups excluding tert-OH is 1. The standard InChI is InChI=1S/C13H16Br2O3/c1-2-3-7-18-12(17)8-11(16)9-5-4-6-10(14)13(9)15/h4-6,11,16H,2-3,7-8H2,1H3. The molecule has 0 heterocycles. The monoisotopic (exact) mass is 378 g/mol. The van der Waals surface area contributed by atoms with Crippen LogP contribution in [0.25, 0.3) is 0 Å². The molecule has 3 nitrogen and oxygen atoms in total. The molecule has 1 rings (SSSR count). The fourth-order valence-corrected chi connectivity index (χ4v) is 2.35. The van der Waals surface area contributed by atoms with Crippen molar-refractivity contribution >= 4 is 37.8 Å². The third-order valence-corrected chi connectivity index (χ3v) is 4.54. The summed E-state index contributed by atoms with van der Waals surface area (Å²) in [5.74, 6) is -0.372. The SMILES string of the molecule is CCCCOC(=O)CC(O)c1cccc(Br)c1Br. The first kappa shape index (κ1) is 15.7. The second-order valence-electron chi connectivity index (χ2n) is 3.94. The first-order valence-corrected chi connectivity index (χ1v) is 7.42. The maximum atomic E-state index is 11.5. The molecular weight excluding hydrogens is 364 g/mol. The molecule has 0 saturated carbocycles. The van der Waals surface area contributed by atoms with Crippen LogP contribution in [0.1, 0.15) is 37.9 Å². The Balaban J connectivity index is 2.57. The highest BCUT2D eigenvalue weighted by Gasteiger charge is 2.17. The predicted molar refractivity (Wildman–Crippen MR) is 77.3 cm³/mol. The van der Waals surface area contributed by atoms with Crippen molar-refractivity contribution in [3.8, 4) is 0 Å². The molecule has 0 amide bonds. The number of halogens is 2. The van der Waals surface area contributed by atoms with Crippen LogP contribution < -0.4 is 0 Å². The first-order chi connectivity index (χ1) is 8.56. The van der Waals surface area contributed by atoms with Gasteiger partial charge in [0.05, 0.1) is 19.1 Å². The Labute approximate surface area is 124 Å². The van der Waals surface area contributed by atoms with Crippen molar-refractivity contribution in [3.05, 3.63) is 32.7 Å². The Bertz CT molecular complexity index is 407. The Hall–Kier alpha value is -0.390. The van der Waals surface area contributed by atoms with E-state index in [1.807, 2.05) is 19.1 Å². The zero-order valence-electron chi connectivity index (χ0n) is 10.2. The van der Waals surface area contributed by atoms with Gasteiger partial charge in [0.25, 0.3) is 0 Å². The van der Waals surface area contributed by atoms with E-state index in [0.717, 1.165) is 21.8 Å². The molecule has 1 aromatic rings. The van der Waals surface area contributed by atoms with Gasteiger partial charge in [-0.1, -0.05) is 25.5 Å². The number of esters is 1. The zero-order chi connectivity index (χ0) is 13.5. The number of rotatable bonds is 6. The average Bonchev–Trinajstić information content (AvgIpc) is 2.32. The summed E-state index contributed by atoms with van der Waals surface area (Å²) < 4.78 is 6.63. The number of hydrogen-bond donors (Lipinski definition) is 1. The highest BCUT2D eigenvalue weighted by molar-refractivity contribution is 9.13. The van der Waals surface area contributed by atoms with Crippen molar-refractivity contribution < 1.29 is 14.6 Å². The molecule has 0 spiro atoms. The van der Waals surface area contributed by atoms with Crippen molar-refractivity contribution in [2.24, 2.45) is 0 Å². The van der Waals surface area contributed by atoms with Crippen molar-refractivity contribution in [1.29, 1.82) is 0 Å². The molecule has 0 bridgehead atoms. The van der Waals surface area contributed by atoms with Gasteiger partial charge in [-0.3, -0.25) is 4.79 Å². The Morgan fingerprint density at radius 1 is 1.44 bits per heavy atom. The molecule has 0 aliphatic carbocycles. The summed E-state index contributed by atoms with van der Waals surface area (Å²) >= 11 is 6.73. The molecule has 1 aromatic carbocycles. The van der Waals surface area contributed by atoms with E-state index in [9.17, 15) is 9.90 Å². The van der Waals surface area contributed by atoms with Gasteiger partial charge in [0, 0.05) is 8.95 Å². The fourth-order valence-electron chi connectivity index (χ4n) is 1.43. The summed E-state index contributed by atoms with van der Waals surface area (Å²) in [6.45, 7) is 2.45. The number of carbonyl (C=O) groups excluding carboxylic acids is 1. The number of aliphatic hydroxyl groups is 1. The molecule has 0 saturated heterocycles. The predicted octanol–water partition coefficient (Wildman–Crippen LogP) is 3.98. The first-order valence-electron chi connectivity index (χ1n) is 5.83. The van der Waals surface area contributed by atoms with Gasteiger partial charge in [-0.15, -0.1) is 0 Å². The molecular formula is C13H16Br2O3. The van der Waals surface area contributed by atoms with Crippen LogP contribution in [0.15, 0.2) is 27.1 Å². The number of hydrogen-bond acceptors (Lipinski definition) is 3. The molecule has 0 fully saturated rings. The van der Waals surface area contributed by atoms with Crippen LogP contribution in [0.2, 0.25) is 0 Å². The van der Waals surface area contributed by atoms with Crippen LogP contribution in [-0.2, 0) is 9.53 Å². The van der Waals surface area contributed by atoms with Crippen LogP contribution in [0.4, 0.5) is 0 Å². The molecule has 0 aliphatic rings. The maximum absolute atomic E-state index is 11.5. The van der Waals surface area contributed by atoms with E-state index in [1.54, 1.807) is 6.07 Å². The lowest BCUT2D eigenvalue weighted by Crippen LogP contribution is -2.11. The van der Waals surface area contributed by atoms with Crippen LogP contribution in [0.3, 0.4) is 0 Å². The quantitative estimate of drug-likeness (QED) is 0.600. The molecule has 1 unspecified atom stereocenters. The lowest BCUT2D eigenvalue weighted by Gasteiger charge is -2.13. The maximum Gasteiger partial charge on any atom is 0.308 e. The zero-order valence-corrected chi connectivity index (χ0v) is 13.3. The van der Waals surface area contributed by atoms with Crippen LogP contribution >= 0.6 is 31.9 Å². The largest absolute Gasteiger partial charge is 0.466 e. The summed E-state index contributed by atoms with van der Waals surface area (Å²) in [7, 11) is 0. The highest BCUT2D eigenvalue weighted by Crippen LogP contribution is 2.31. The minimum absolute atomic E-state index is 0.0290. The van der Waals surface area contributed by atoms with E-state index in [0.29, 0.717) is 12.2 Å². The van der Waals surface area contributed by atoms with Crippen LogP contribution in [0, 0.1) is 0 Å². The van der Waals surface area contributed by atoms with Gasteiger partial charge in [0.1, 0.15) is 0 Å². The summed E-state index contributed by atoms with van der Waals surface area (Å²) in [5.41, 5.74) is 0.678. The summed E-state index contributed by atoms with van der Waals surface area (Å²) in [4.78, 5) is 11.5. The molecule has 0 radical (unpaired) electrons. The van der Waals surface area contributed by atoms with Gasteiger partial charge in [-0.25, -0.2) is 0 Å². The van der Waals surface area contributed by atoms with Crippen LogP contribution in [0.5, 0.6) is 0 Å². The Morgan fingerprint density at radius 3 is 2.83 bits per heavy atom. The molecule has 5 heteroatoms. The summed E-state index contributed by atoms with van der Waals surface area (Å²) in [6.07, 6.45) is 0.944. The Morgan fingerprint density at radius 2 is 2.17 bits per heavy atom. The third-order valence-electron chi connectivity index (χ3n) is 2.46. The van der Waals surface area contributed by atoms with Gasteiger partial charge < -0.3 is 9.84 Å². The minimum atomic E-state index is -0.856. The number of benzene rings is 1. The van der Waals surface area contributed by atoms with E-state index in [-0.39, 0.29) is 12.4 Å². The molecule has 18 heavy (non-hydrogen) atoms. The van der Waals surface area contributed by atoms with Crippen molar-refractivity contribution in [1.82, 2.24) is 0 Å². The summed E-state index contributed by atoms with van der Waals surface area (Å²) in [6, 6.07) is 5.45. The fraction of sp³-hybridized carbons (Fsp3) is 0.462. The minimum Gasteiger partial charge on any atom is -0.466 e. The number of ether oxygens (including phenoxy) is 1. The van der Waals surface area contributed by atoms with Gasteiger partial charge in [0.2, 0.25) is 0 Å². The highest BCUT2D eigenvalue weighted by atomic mass is 79.9.